The van der Waals surface area contributed by atoms with Gasteiger partial charge in [-0.2, -0.15) is 0 Å². The minimum Gasteiger partial charge on any atom is -0.494 e. The number of fused-ring (bicyclic) bond motifs is 1. The molecule has 1 amide bonds. The van der Waals surface area contributed by atoms with Crippen molar-refractivity contribution in [2.24, 2.45) is 0 Å². The summed E-state index contributed by atoms with van der Waals surface area (Å²) in [5, 5.41) is 1.38. The van der Waals surface area contributed by atoms with Crippen LogP contribution in [0.1, 0.15) is 48.5 Å². The molecule has 0 radical (unpaired) electrons. The number of hydrogen-bond acceptors (Lipinski definition) is 5. The molecule has 0 N–H and O–H groups in total. The highest BCUT2D eigenvalue weighted by Gasteiger charge is 2.22. The lowest BCUT2D eigenvalue weighted by Gasteiger charge is -2.21. The zero-order chi connectivity index (χ0) is 23.1. The first kappa shape index (κ1) is 24.5. The Labute approximate surface area is 200 Å². The van der Waals surface area contributed by atoms with Gasteiger partial charge < -0.3 is 9.64 Å². The fraction of sp³-hybridized carbons (Fsp3) is 0.440. The highest BCUT2D eigenvalue weighted by atomic mass is 35.5. The van der Waals surface area contributed by atoms with Gasteiger partial charge in [0, 0.05) is 17.1 Å². The molecule has 0 aliphatic heterocycles. The highest BCUT2D eigenvalue weighted by molar-refractivity contribution is 7.22. The number of carbonyl (C=O) groups excluding carboxylic acids is 1. The Morgan fingerprint density at radius 1 is 1.12 bits per heavy atom. The van der Waals surface area contributed by atoms with E-state index in [9.17, 15) is 4.79 Å². The molecular weight excluding hydrogens is 442 g/mol. The Balaban J connectivity index is 1.87. The molecule has 3 rings (SSSR count). The Bertz CT molecular complexity index is 1050. The fourth-order valence-corrected chi connectivity index (χ4v) is 4.95. The van der Waals surface area contributed by atoms with Crippen LogP contribution >= 0.6 is 22.9 Å². The van der Waals surface area contributed by atoms with Crippen molar-refractivity contribution in [3.63, 3.8) is 0 Å². The second kappa shape index (κ2) is 11.6. The van der Waals surface area contributed by atoms with Gasteiger partial charge in [-0.25, -0.2) is 4.98 Å². The van der Waals surface area contributed by atoms with Crippen LogP contribution in [-0.2, 0) is 0 Å². The van der Waals surface area contributed by atoms with Crippen molar-refractivity contribution >= 4 is 44.2 Å². The summed E-state index contributed by atoms with van der Waals surface area (Å²) in [6.45, 7) is 6.30. The molecule has 0 bridgehead atoms. The minimum atomic E-state index is -0.0643. The van der Waals surface area contributed by atoms with Gasteiger partial charge in [0.05, 0.1) is 16.8 Å². The Kier molecular flexibility index (Phi) is 8.91. The Morgan fingerprint density at radius 2 is 1.94 bits per heavy atom. The van der Waals surface area contributed by atoms with Gasteiger partial charge in [0.2, 0.25) is 0 Å². The molecule has 0 saturated heterocycles. The van der Waals surface area contributed by atoms with Crippen molar-refractivity contribution in [1.82, 2.24) is 9.88 Å². The predicted octanol–water partition coefficient (Wildman–Crippen LogP) is 6.43. The number of amides is 1. The van der Waals surface area contributed by atoms with Crippen LogP contribution in [0.2, 0.25) is 5.02 Å². The molecule has 1 aromatic heterocycles. The summed E-state index contributed by atoms with van der Waals surface area (Å²) < 4.78 is 6.86. The van der Waals surface area contributed by atoms with Crippen LogP contribution in [0, 0.1) is 6.92 Å². The molecule has 0 spiro atoms. The van der Waals surface area contributed by atoms with Crippen LogP contribution in [-0.4, -0.2) is 49.6 Å². The van der Waals surface area contributed by atoms with Gasteiger partial charge in [-0.15, -0.1) is 0 Å². The second-order valence-electron chi connectivity index (χ2n) is 8.26. The number of thiazole rings is 1. The standard InChI is InChI=1S/C25H32ClN3O2S/c1-5-6-7-14-31-21-11-8-10-19(16-21)24(30)29(13-9-12-28(3)4)25-27-23-18(2)15-20(26)17-22(23)32-25/h8,10-11,15-17H,5-7,9,12-14H2,1-4H3. The molecular formula is C25H32ClN3O2S. The summed E-state index contributed by atoms with van der Waals surface area (Å²) in [7, 11) is 4.07. The number of rotatable bonds is 11. The number of unbranched alkanes of at least 4 members (excludes halogenated alkanes) is 2. The summed E-state index contributed by atoms with van der Waals surface area (Å²) in [5.41, 5.74) is 2.52. The van der Waals surface area contributed by atoms with E-state index in [0.717, 1.165) is 53.8 Å². The second-order valence-corrected chi connectivity index (χ2v) is 9.71. The first-order chi connectivity index (χ1) is 15.4. The predicted molar refractivity (Wildman–Crippen MR) is 136 cm³/mol. The number of aromatic nitrogens is 1. The van der Waals surface area contributed by atoms with Gasteiger partial charge in [0.1, 0.15) is 5.75 Å². The fourth-order valence-electron chi connectivity index (χ4n) is 3.50. The van der Waals surface area contributed by atoms with Gasteiger partial charge in [0.25, 0.3) is 5.91 Å². The zero-order valence-electron chi connectivity index (χ0n) is 19.4. The topological polar surface area (TPSA) is 45.7 Å². The van der Waals surface area contributed by atoms with Crippen LogP contribution in [0.3, 0.4) is 0 Å². The van der Waals surface area contributed by atoms with E-state index in [4.69, 9.17) is 21.3 Å². The largest absolute Gasteiger partial charge is 0.494 e. The average molecular weight is 474 g/mol. The molecule has 3 aromatic rings. The molecule has 0 atom stereocenters. The quantitative estimate of drug-likeness (QED) is 0.301. The van der Waals surface area contributed by atoms with Crippen molar-refractivity contribution in [3.05, 3.63) is 52.5 Å². The van der Waals surface area contributed by atoms with Crippen LogP contribution < -0.4 is 9.64 Å². The minimum absolute atomic E-state index is 0.0643. The van der Waals surface area contributed by atoms with Crippen molar-refractivity contribution < 1.29 is 9.53 Å². The molecule has 172 valence electrons. The number of anilines is 1. The Hall–Kier alpha value is -2.15. The van der Waals surface area contributed by atoms with Gasteiger partial charge in [-0.3, -0.25) is 9.69 Å². The molecule has 5 nitrogen and oxygen atoms in total. The molecule has 0 fully saturated rings. The summed E-state index contributed by atoms with van der Waals surface area (Å²) in [6.07, 6.45) is 4.15. The van der Waals surface area contributed by atoms with Crippen LogP contribution in [0.5, 0.6) is 5.75 Å². The van der Waals surface area contributed by atoms with Crippen LogP contribution in [0.25, 0.3) is 10.2 Å². The number of halogens is 1. The third kappa shape index (κ3) is 6.44. The molecule has 0 aliphatic rings. The van der Waals surface area contributed by atoms with Gasteiger partial charge >= 0.3 is 0 Å². The lowest BCUT2D eigenvalue weighted by molar-refractivity contribution is 0.0985. The van der Waals surface area contributed by atoms with E-state index in [-0.39, 0.29) is 5.91 Å². The van der Waals surface area contributed by atoms with Crippen molar-refractivity contribution in [1.29, 1.82) is 0 Å². The zero-order valence-corrected chi connectivity index (χ0v) is 20.9. The van der Waals surface area contributed by atoms with E-state index in [1.165, 1.54) is 11.3 Å². The van der Waals surface area contributed by atoms with Crippen molar-refractivity contribution in [2.75, 3.05) is 38.7 Å². The Morgan fingerprint density at radius 3 is 2.69 bits per heavy atom. The smallest absolute Gasteiger partial charge is 0.260 e. The number of ether oxygens (including phenoxy) is 1. The number of hydrogen-bond donors (Lipinski definition) is 0. The summed E-state index contributed by atoms with van der Waals surface area (Å²) >= 11 is 7.75. The molecule has 7 heteroatoms. The third-order valence-corrected chi connectivity index (χ3v) is 6.44. The molecule has 0 saturated carbocycles. The SMILES string of the molecule is CCCCCOc1cccc(C(=O)N(CCCN(C)C)c2nc3c(C)cc(Cl)cc3s2)c1. The molecule has 32 heavy (non-hydrogen) atoms. The van der Waals surface area contributed by atoms with E-state index < -0.39 is 0 Å². The van der Waals surface area contributed by atoms with Crippen molar-refractivity contribution in [3.8, 4) is 5.75 Å². The lowest BCUT2D eigenvalue weighted by atomic mass is 10.2. The third-order valence-electron chi connectivity index (χ3n) is 5.20. The first-order valence-electron chi connectivity index (χ1n) is 11.1. The average Bonchev–Trinajstić information content (AvgIpc) is 3.18. The molecule has 0 aliphatic carbocycles. The van der Waals surface area contributed by atoms with E-state index in [2.05, 4.69) is 11.8 Å². The maximum Gasteiger partial charge on any atom is 0.260 e. The number of nitrogens with zero attached hydrogens (tertiary/aromatic N) is 3. The van der Waals surface area contributed by atoms with Crippen molar-refractivity contribution in [2.45, 2.75) is 39.5 Å². The van der Waals surface area contributed by atoms with E-state index in [1.54, 1.807) is 4.90 Å². The molecule has 1 heterocycles. The highest BCUT2D eigenvalue weighted by Crippen LogP contribution is 2.34. The van der Waals surface area contributed by atoms with E-state index in [0.29, 0.717) is 28.9 Å². The lowest BCUT2D eigenvalue weighted by Crippen LogP contribution is -2.33. The van der Waals surface area contributed by atoms with Gasteiger partial charge in [-0.1, -0.05) is 48.8 Å². The summed E-state index contributed by atoms with van der Waals surface area (Å²) in [4.78, 5) is 22.3. The summed E-state index contributed by atoms with van der Waals surface area (Å²) in [6, 6.07) is 11.3. The molecule has 0 unspecified atom stereocenters. The van der Waals surface area contributed by atoms with Gasteiger partial charge in [-0.05, 0) is 76.3 Å². The number of benzene rings is 2. The maximum atomic E-state index is 13.6. The molecule has 2 aromatic carbocycles. The number of aryl methyl sites for hydroxylation is 1. The number of carbonyl (C=O) groups is 1. The van der Waals surface area contributed by atoms with E-state index in [1.807, 2.05) is 57.4 Å². The van der Waals surface area contributed by atoms with Crippen LogP contribution in [0.4, 0.5) is 5.13 Å². The van der Waals surface area contributed by atoms with Crippen LogP contribution in [0.15, 0.2) is 36.4 Å². The first-order valence-corrected chi connectivity index (χ1v) is 12.3. The maximum absolute atomic E-state index is 13.6. The normalized spacial score (nSPS) is 11.3. The monoisotopic (exact) mass is 473 g/mol. The summed E-state index contributed by atoms with van der Waals surface area (Å²) in [5.74, 6) is 0.665. The van der Waals surface area contributed by atoms with E-state index >= 15 is 0 Å². The van der Waals surface area contributed by atoms with Gasteiger partial charge in [0.15, 0.2) is 5.13 Å².